The topological polar surface area (TPSA) is 58.1 Å². The first kappa shape index (κ1) is 20.5. The Morgan fingerprint density at radius 1 is 1.31 bits per heavy atom. The highest BCUT2D eigenvalue weighted by Gasteiger charge is 2.14. The summed E-state index contributed by atoms with van der Waals surface area (Å²) in [5.74, 6) is 0.965. The van der Waals surface area contributed by atoms with E-state index in [1.54, 1.807) is 4.90 Å². The van der Waals surface area contributed by atoms with Crippen molar-refractivity contribution in [1.82, 2.24) is 15.1 Å². The predicted octanol–water partition coefficient (Wildman–Crippen LogP) is 4.92. The largest absolute Gasteiger partial charge is 0.338 e. The number of benzene rings is 1. The van der Waals surface area contributed by atoms with Gasteiger partial charge in [-0.1, -0.05) is 61.2 Å². The van der Waals surface area contributed by atoms with Crippen LogP contribution in [-0.4, -0.2) is 39.8 Å². The number of hydrogen-bond donors (Lipinski definition) is 1. The summed E-state index contributed by atoms with van der Waals surface area (Å²) in [6.45, 7) is 13.4. The van der Waals surface area contributed by atoms with Crippen LogP contribution < -0.4 is 5.32 Å². The number of rotatable bonds is 9. The molecule has 2 aromatic rings. The molecule has 0 aliphatic carbocycles. The molecule has 0 radical (unpaired) electrons. The first-order valence-corrected chi connectivity index (χ1v) is 10.4. The molecule has 0 bridgehead atoms. The minimum atomic E-state index is 0.0921. The Labute approximate surface area is 163 Å². The highest BCUT2D eigenvalue weighted by atomic mass is 32.2. The van der Waals surface area contributed by atoms with Crippen LogP contribution in [0.15, 0.2) is 40.8 Å². The van der Waals surface area contributed by atoms with Gasteiger partial charge in [0.25, 0.3) is 0 Å². The van der Waals surface area contributed by atoms with E-state index in [4.69, 9.17) is 0 Å². The van der Waals surface area contributed by atoms with Gasteiger partial charge in [-0.3, -0.25) is 4.79 Å². The zero-order valence-electron chi connectivity index (χ0n) is 15.8. The molecule has 0 aliphatic heterocycles. The predicted molar refractivity (Wildman–Crippen MR) is 112 cm³/mol. The Balaban J connectivity index is 1.89. The number of carbonyl (C=O) groups is 1. The lowest BCUT2D eigenvalue weighted by molar-refractivity contribution is -0.127. The standard InChI is InChI=1S/C19H26N4OS2/c1-6-23(11-13(2)3)17(24)12-25-19-22-21-18(26-19)20-16-9-7-15(8-10-16)14(4)5/h7-10,14H,2,6,11-12H2,1,3-5H3,(H,20,21). The van der Waals surface area contributed by atoms with E-state index in [0.717, 1.165) is 20.7 Å². The van der Waals surface area contributed by atoms with Crippen molar-refractivity contribution in [3.8, 4) is 0 Å². The molecule has 1 heterocycles. The zero-order valence-corrected chi connectivity index (χ0v) is 17.4. The number of likely N-dealkylation sites (N-methyl/N-ethyl adjacent to an activating group) is 1. The molecule has 0 saturated carbocycles. The fourth-order valence-electron chi connectivity index (χ4n) is 2.31. The molecule has 1 N–H and O–H groups in total. The maximum Gasteiger partial charge on any atom is 0.233 e. The number of carbonyl (C=O) groups excluding carboxylic acids is 1. The SMILES string of the molecule is C=C(C)CN(CC)C(=O)CSc1nnc(Nc2ccc(C(C)C)cc2)s1. The molecule has 0 atom stereocenters. The van der Waals surface area contributed by atoms with E-state index in [-0.39, 0.29) is 5.91 Å². The number of thioether (sulfide) groups is 1. The van der Waals surface area contributed by atoms with Crippen molar-refractivity contribution >= 4 is 39.8 Å². The van der Waals surface area contributed by atoms with Crippen LogP contribution in [0.4, 0.5) is 10.8 Å². The summed E-state index contributed by atoms with van der Waals surface area (Å²) in [4.78, 5) is 14.1. The molecule has 0 aliphatic rings. The van der Waals surface area contributed by atoms with E-state index in [2.05, 4.69) is 48.1 Å². The summed E-state index contributed by atoms with van der Waals surface area (Å²) in [5.41, 5.74) is 3.27. The Hall–Kier alpha value is -1.86. The van der Waals surface area contributed by atoms with Gasteiger partial charge in [0.05, 0.1) is 5.75 Å². The Morgan fingerprint density at radius 2 is 2.00 bits per heavy atom. The van der Waals surface area contributed by atoms with Crippen LogP contribution in [-0.2, 0) is 4.79 Å². The lowest BCUT2D eigenvalue weighted by Gasteiger charge is -2.20. The molecular weight excluding hydrogens is 364 g/mol. The van der Waals surface area contributed by atoms with Crippen LogP contribution in [0.2, 0.25) is 0 Å². The van der Waals surface area contributed by atoms with Crippen LogP contribution in [0.25, 0.3) is 0 Å². The summed E-state index contributed by atoms with van der Waals surface area (Å²) in [7, 11) is 0. The fourth-order valence-corrected chi connectivity index (χ4v) is 3.99. The van der Waals surface area contributed by atoms with E-state index < -0.39 is 0 Å². The number of anilines is 2. The third-order valence-corrected chi connectivity index (χ3v) is 5.71. The Morgan fingerprint density at radius 3 is 2.58 bits per heavy atom. The number of nitrogens with zero attached hydrogens (tertiary/aromatic N) is 3. The van der Waals surface area contributed by atoms with E-state index in [1.807, 2.05) is 26.0 Å². The summed E-state index contributed by atoms with van der Waals surface area (Å²) >= 11 is 2.88. The van der Waals surface area contributed by atoms with E-state index in [9.17, 15) is 4.79 Å². The second-order valence-corrected chi connectivity index (χ2v) is 8.63. The minimum Gasteiger partial charge on any atom is -0.338 e. The van der Waals surface area contributed by atoms with Gasteiger partial charge in [-0.05, 0) is 37.5 Å². The molecule has 0 spiro atoms. The molecule has 26 heavy (non-hydrogen) atoms. The zero-order chi connectivity index (χ0) is 19.1. The van der Waals surface area contributed by atoms with Gasteiger partial charge in [-0.2, -0.15) is 0 Å². The number of nitrogens with one attached hydrogen (secondary N) is 1. The van der Waals surface area contributed by atoms with Crippen LogP contribution in [0.1, 0.15) is 39.2 Å². The van der Waals surface area contributed by atoms with E-state index in [0.29, 0.717) is 24.8 Å². The van der Waals surface area contributed by atoms with Gasteiger partial charge in [0.15, 0.2) is 4.34 Å². The van der Waals surface area contributed by atoms with E-state index >= 15 is 0 Å². The lowest BCUT2D eigenvalue weighted by atomic mass is 10.0. The summed E-state index contributed by atoms with van der Waals surface area (Å²) in [6, 6.07) is 8.32. The molecule has 0 fully saturated rings. The van der Waals surface area contributed by atoms with Gasteiger partial charge in [0.2, 0.25) is 11.0 Å². The van der Waals surface area contributed by atoms with Crippen LogP contribution >= 0.6 is 23.1 Å². The first-order chi connectivity index (χ1) is 12.4. The van der Waals surface area contributed by atoms with E-state index in [1.165, 1.54) is 28.7 Å². The quantitative estimate of drug-likeness (QED) is 0.486. The van der Waals surface area contributed by atoms with Gasteiger partial charge in [0, 0.05) is 18.8 Å². The van der Waals surface area contributed by atoms with Crippen molar-refractivity contribution in [2.75, 3.05) is 24.2 Å². The van der Waals surface area contributed by atoms with Gasteiger partial charge >= 0.3 is 0 Å². The van der Waals surface area contributed by atoms with Crippen LogP contribution in [0.3, 0.4) is 0 Å². The van der Waals surface area contributed by atoms with Gasteiger partial charge in [-0.15, -0.1) is 10.2 Å². The average molecular weight is 391 g/mol. The maximum absolute atomic E-state index is 12.3. The smallest absolute Gasteiger partial charge is 0.233 e. The highest BCUT2D eigenvalue weighted by molar-refractivity contribution is 8.01. The van der Waals surface area contributed by atoms with Crippen molar-refractivity contribution in [1.29, 1.82) is 0 Å². The van der Waals surface area contributed by atoms with Crippen molar-refractivity contribution in [2.24, 2.45) is 0 Å². The molecule has 1 aromatic carbocycles. The maximum atomic E-state index is 12.3. The second kappa shape index (κ2) is 9.73. The van der Waals surface area contributed by atoms with Crippen molar-refractivity contribution in [3.63, 3.8) is 0 Å². The molecule has 1 aromatic heterocycles. The normalized spacial score (nSPS) is 10.8. The molecule has 140 valence electrons. The average Bonchev–Trinajstić information content (AvgIpc) is 3.05. The van der Waals surface area contributed by atoms with Crippen molar-refractivity contribution < 1.29 is 4.79 Å². The Kier molecular flexibility index (Phi) is 7.66. The minimum absolute atomic E-state index is 0.0921. The van der Waals surface area contributed by atoms with Crippen LogP contribution in [0.5, 0.6) is 0 Å². The number of aromatic nitrogens is 2. The molecular formula is C19H26N4OS2. The van der Waals surface area contributed by atoms with Gasteiger partial charge in [0.1, 0.15) is 0 Å². The van der Waals surface area contributed by atoms with Crippen LogP contribution in [0, 0.1) is 0 Å². The molecule has 0 saturated heterocycles. The van der Waals surface area contributed by atoms with Crippen molar-refractivity contribution in [2.45, 2.75) is 38.0 Å². The third kappa shape index (κ3) is 6.14. The summed E-state index contributed by atoms with van der Waals surface area (Å²) < 4.78 is 0.783. The highest BCUT2D eigenvalue weighted by Crippen LogP contribution is 2.28. The second-order valence-electron chi connectivity index (χ2n) is 6.43. The summed E-state index contributed by atoms with van der Waals surface area (Å²) in [6.07, 6.45) is 0. The summed E-state index contributed by atoms with van der Waals surface area (Å²) in [5, 5.41) is 12.3. The molecule has 0 unspecified atom stereocenters. The number of amides is 1. The van der Waals surface area contributed by atoms with Crippen molar-refractivity contribution in [3.05, 3.63) is 42.0 Å². The van der Waals surface area contributed by atoms with Gasteiger partial charge in [-0.25, -0.2) is 0 Å². The Bertz CT molecular complexity index is 740. The van der Waals surface area contributed by atoms with Gasteiger partial charge < -0.3 is 10.2 Å². The molecule has 5 nitrogen and oxygen atoms in total. The molecule has 7 heteroatoms. The molecule has 1 amide bonds. The monoisotopic (exact) mass is 390 g/mol. The lowest BCUT2D eigenvalue weighted by Crippen LogP contribution is -2.33. The first-order valence-electron chi connectivity index (χ1n) is 8.64. The third-order valence-electron chi connectivity index (χ3n) is 3.75. The molecule has 2 rings (SSSR count). The fraction of sp³-hybridized carbons (Fsp3) is 0.421. The number of hydrogen-bond acceptors (Lipinski definition) is 6.